The Balaban J connectivity index is 1.34. The molecular weight excluding hydrogens is 451 g/mol. The van der Waals surface area contributed by atoms with Gasteiger partial charge in [-0.05, 0) is 80.5 Å². The van der Waals surface area contributed by atoms with E-state index in [1.165, 1.54) is 19.1 Å². The maximum Gasteiger partial charge on any atom is 0.344 e. The predicted octanol–water partition coefficient (Wildman–Crippen LogP) is 5.16. The standard InChI is InChI=1S/C27H27FN2O5/c1-18(27(31)32)33-22-6-4-5-19(17-22)13-15-29-16-14-25(34-21-11-9-20(28)10-12-21)26-30-23-7-2-3-8-24(23)35-26/h2-12,17-18,25,29H,13-16H2,1H3,(H,31,32). The summed E-state index contributed by atoms with van der Waals surface area (Å²) in [5.41, 5.74) is 2.47. The van der Waals surface area contributed by atoms with Crippen molar-refractivity contribution >= 4 is 17.1 Å². The molecule has 4 aromatic rings. The van der Waals surface area contributed by atoms with E-state index < -0.39 is 18.2 Å². The molecule has 0 radical (unpaired) electrons. The van der Waals surface area contributed by atoms with E-state index in [9.17, 15) is 9.18 Å². The quantitative estimate of drug-likeness (QED) is 0.272. The van der Waals surface area contributed by atoms with Gasteiger partial charge in [-0.2, -0.15) is 0 Å². The summed E-state index contributed by atoms with van der Waals surface area (Å²) in [4.78, 5) is 15.6. The number of carboxylic acid groups (broad SMARTS) is 1. The van der Waals surface area contributed by atoms with Crippen LogP contribution >= 0.6 is 0 Å². The second-order valence-electron chi connectivity index (χ2n) is 8.11. The van der Waals surface area contributed by atoms with E-state index >= 15 is 0 Å². The van der Waals surface area contributed by atoms with Gasteiger partial charge in [0.25, 0.3) is 0 Å². The SMILES string of the molecule is CC(Oc1cccc(CCNCCC(Oc2ccc(F)cc2)c2nc3ccccc3o2)c1)C(=O)O. The van der Waals surface area contributed by atoms with Crippen molar-refractivity contribution in [1.82, 2.24) is 10.3 Å². The Bertz CT molecular complexity index is 1220. The molecular formula is C27H27FN2O5. The van der Waals surface area contributed by atoms with Crippen LogP contribution in [-0.2, 0) is 11.2 Å². The molecule has 0 aliphatic heterocycles. The molecule has 2 N–H and O–H groups in total. The minimum absolute atomic E-state index is 0.329. The highest BCUT2D eigenvalue weighted by Gasteiger charge is 2.20. The highest BCUT2D eigenvalue weighted by Crippen LogP contribution is 2.27. The van der Waals surface area contributed by atoms with E-state index in [2.05, 4.69) is 10.3 Å². The molecule has 0 amide bonds. The molecule has 0 spiro atoms. The van der Waals surface area contributed by atoms with Crippen LogP contribution in [0.4, 0.5) is 4.39 Å². The third-order valence-electron chi connectivity index (χ3n) is 5.41. The Morgan fingerprint density at radius 2 is 1.83 bits per heavy atom. The Labute approximate surface area is 202 Å². The van der Waals surface area contributed by atoms with Crippen molar-refractivity contribution in [3.8, 4) is 11.5 Å². The van der Waals surface area contributed by atoms with Gasteiger partial charge < -0.3 is 24.3 Å². The Morgan fingerprint density at radius 1 is 1.03 bits per heavy atom. The van der Waals surface area contributed by atoms with Crippen LogP contribution in [0, 0.1) is 5.82 Å². The van der Waals surface area contributed by atoms with Crippen LogP contribution in [0.2, 0.25) is 0 Å². The summed E-state index contributed by atoms with van der Waals surface area (Å²) in [6.07, 6.45) is -0.0306. The van der Waals surface area contributed by atoms with Crippen LogP contribution in [-0.4, -0.2) is 35.3 Å². The molecule has 1 aromatic heterocycles. The summed E-state index contributed by atoms with van der Waals surface area (Å²) < 4.78 is 30.8. The molecule has 3 aromatic carbocycles. The number of rotatable bonds is 12. The molecule has 0 aliphatic rings. The molecule has 2 atom stereocenters. The fraction of sp³-hybridized carbons (Fsp3) is 0.259. The normalized spacial score (nSPS) is 12.9. The van der Waals surface area contributed by atoms with Gasteiger partial charge in [-0.1, -0.05) is 24.3 Å². The average molecular weight is 479 g/mol. The van der Waals surface area contributed by atoms with Crippen LogP contribution < -0.4 is 14.8 Å². The summed E-state index contributed by atoms with van der Waals surface area (Å²) in [7, 11) is 0. The Hall–Kier alpha value is -3.91. The maximum absolute atomic E-state index is 13.3. The zero-order valence-corrected chi connectivity index (χ0v) is 19.3. The number of halogens is 1. The molecule has 35 heavy (non-hydrogen) atoms. The summed E-state index contributed by atoms with van der Waals surface area (Å²) in [6.45, 7) is 2.84. The lowest BCUT2D eigenvalue weighted by Crippen LogP contribution is -2.23. The number of carboxylic acids is 1. The molecule has 1 heterocycles. The lowest BCUT2D eigenvalue weighted by Gasteiger charge is -2.17. The van der Waals surface area contributed by atoms with E-state index in [0.29, 0.717) is 42.5 Å². The molecule has 4 rings (SSSR count). The first kappa shape index (κ1) is 24.2. The van der Waals surface area contributed by atoms with Crippen molar-refractivity contribution in [2.45, 2.75) is 32.0 Å². The van der Waals surface area contributed by atoms with E-state index in [4.69, 9.17) is 19.0 Å². The van der Waals surface area contributed by atoms with Gasteiger partial charge >= 0.3 is 5.97 Å². The highest BCUT2D eigenvalue weighted by atomic mass is 19.1. The van der Waals surface area contributed by atoms with Crippen molar-refractivity contribution in [2.24, 2.45) is 0 Å². The number of carbonyl (C=O) groups is 1. The lowest BCUT2D eigenvalue weighted by atomic mass is 10.1. The number of oxazole rings is 1. The fourth-order valence-corrected chi connectivity index (χ4v) is 3.56. The lowest BCUT2D eigenvalue weighted by molar-refractivity contribution is -0.144. The average Bonchev–Trinajstić information content (AvgIpc) is 3.29. The smallest absolute Gasteiger partial charge is 0.344 e. The molecule has 0 saturated carbocycles. The number of nitrogens with one attached hydrogen (secondary N) is 1. The number of hydrogen-bond acceptors (Lipinski definition) is 6. The van der Waals surface area contributed by atoms with Crippen LogP contribution in [0.25, 0.3) is 11.1 Å². The maximum atomic E-state index is 13.3. The van der Waals surface area contributed by atoms with E-state index in [0.717, 1.165) is 17.5 Å². The van der Waals surface area contributed by atoms with Gasteiger partial charge in [-0.3, -0.25) is 0 Å². The van der Waals surface area contributed by atoms with Crippen LogP contribution in [0.3, 0.4) is 0 Å². The minimum atomic E-state index is -1.01. The minimum Gasteiger partial charge on any atom is -0.481 e. The fourth-order valence-electron chi connectivity index (χ4n) is 3.56. The Morgan fingerprint density at radius 3 is 2.60 bits per heavy atom. The van der Waals surface area contributed by atoms with Crippen molar-refractivity contribution < 1.29 is 28.2 Å². The Kier molecular flexibility index (Phi) is 7.95. The topological polar surface area (TPSA) is 93.8 Å². The largest absolute Gasteiger partial charge is 0.481 e. The van der Waals surface area contributed by atoms with Gasteiger partial charge in [0.2, 0.25) is 5.89 Å². The zero-order chi connectivity index (χ0) is 24.6. The van der Waals surface area contributed by atoms with Crippen LogP contribution in [0.15, 0.2) is 77.2 Å². The first-order valence-electron chi connectivity index (χ1n) is 11.4. The summed E-state index contributed by atoms with van der Waals surface area (Å²) >= 11 is 0. The number of para-hydroxylation sites is 2. The number of aliphatic carboxylic acids is 1. The van der Waals surface area contributed by atoms with Crippen LogP contribution in [0.5, 0.6) is 11.5 Å². The summed E-state index contributed by atoms with van der Waals surface area (Å²) in [5.74, 6) is 0.194. The van der Waals surface area contributed by atoms with Gasteiger partial charge in [-0.15, -0.1) is 0 Å². The third kappa shape index (κ3) is 6.80. The molecule has 7 nitrogen and oxygen atoms in total. The molecule has 0 aliphatic carbocycles. The molecule has 2 unspecified atom stereocenters. The monoisotopic (exact) mass is 478 g/mol. The third-order valence-corrected chi connectivity index (χ3v) is 5.41. The highest BCUT2D eigenvalue weighted by molar-refractivity contribution is 5.72. The number of fused-ring (bicyclic) bond motifs is 1. The van der Waals surface area contributed by atoms with Crippen molar-refractivity contribution in [2.75, 3.05) is 13.1 Å². The van der Waals surface area contributed by atoms with E-state index in [1.807, 2.05) is 42.5 Å². The van der Waals surface area contributed by atoms with Crippen molar-refractivity contribution in [3.63, 3.8) is 0 Å². The second kappa shape index (κ2) is 11.5. The molecule has 0 bridgehead atoms. The van der Waals surface area contributed by atoms with Gasteiger partial charge in [0.15, 0.2) is 17.8 Å². The number of hydrogen-bond donors (Lipinski definition) is 2. The van der Waals surface area contributed by atoms with Gasteiger partial charge in [0, 0.05) is 6.42 Å². The molecule has 0 fully saturated rings. The summed E-state index contributed by atoms with van der Waals surface area (Å²) in [6, 6.07) is 20.8. The number of aromatic nitrogens is 1. The van der Waals surface area contributed by atoms with Crippen molar-refractivity contribution in [3.05, 3.63) is 90.1 Å². The molecule has 182 valence electrons. The second-order valence-corrected chi connectivity index (χ2v) is 8.11. The first-order chi connectivity index (χ1) is 17.0. The number of benzene rings is 3. The predicted molar refractivity (Wildman–Crippen MR) is 129 cm³/mol. The van der Waals surface area contributed by atoms with E-state index in [1.54, 1.807) is 18.2 Å². The van der Waals surface area contributed by atoms with E-state index in [-0.39, 0.29) is 5.82 Å². The van der Waals surface area contributed by atoms with Gasteiger partial charge in [0.05, 0.1) is 0 Å². The zero-order valence-electron chi connectivity index (χ0n) is 19.3. The first-order valence-corrected chi connectivity index (χ1v) is 11.4. The number of nitrogens with zero attached hydrogens (tertiary/aromatic N) is 1. The number of ether oxygens (including phenoxy) is 2. The molecule has 0 saturated heterocycles. The summed E-state index contributed by atoms with van der Waals surface area (Å²) in [5, 5.41) is 12.4. The van der Waals surface area contributed by atoms with Crippen molar-refractivity contribution in [1.29, 1.82) is 0 Å². The molecule has 8 heteroatoms. The van der Waals surface area contributed by atoms with Crippen LogP contribution in [0.1, 0.15) is 30.9 Å². The van der Waals surface area contributed by atoms with Gasteiger partial charge in [0.1, 0.15) is 22.8 Å². The van der Waals surface area contributed by atoms with Gasteiger partial charge in [-0.25, -0.2) is 14.2 Å².